The van der Waals surface area contributed by atoms with Crippen molar-refractivity contribution in [1.82, 2.24) is 5.32 Å². The fraction of sp³-hybridized carbons (Fsp3) is 0.739. The van der Waals surface area contributed by atoms with E-state index in [4.69, 9.17) is 4.74 Å². The lowest BCUT2D eigenvalue weighted by Gasteiger charge is -2.35. The minimum Gasteiger partial charge on any atom is -0.469 e. The predicted octanol–water partition coefficient (Wildman–Crippen LogP) is 4.41. The quantitative estimate of drug-likeness (QED) is 0.702. The summed E-state index contributed by atoms with van der Waals surface area (Å²) in [6.45, 7) is 0.752. The molecule has 4 nitrogen and oxygen atoms in total. The van der Waals surface area contributed by atoms with Crippen molar-refractivity contribution >= 4 is 11.9 Å². The third-order valence-corrected chi connectivity index (χ3v) is 6.88. The van der Waals surface area contributed by atoms with Crippen molar-refractivity contribution in [3.8, 4) is 0 Å². The van der Waals surface area contributed by atoms with E-state index in [9.17, 15) is 9.59 Å². The van der Waals surface area contributed by atoms with E-state index >= 15 is 0 Å². The maximum absolute atomic E-state index is 13.2. The van der Waals surface area contributed by atoms with Crippen LogP contribution in [0.15, 0.2) is 24.3 Å². The highest BCUT2D eigenvalue weighted by molar-refractivity contribution is 5.79. The fourth-order valence-electron chi connectivity index (χ4n) is 5.25. The second kappa shape index (κ2) is 10.1. The predicted molar refractivity (Wildman–Crippen MR) is 107 cm³/mol. The molecular formula is C23H35NO3. The number of hydrogen-bond acceptors (Lipinski definition) is 3. The normalized spacial score (nSPS) is 29.9. The Balaban J connectivity index is 1.52. The molecule has 27 heavy (non-hydrogen) atoms. The lowest BCUT2D eigenvalue weighted by molar-refractivity contribution is -0.147. The standard InChI is InChI=1S/C23H35NO3/c1-27-23(26)20-14-12-17(13-15-20)16-24-22(25)21(18-8-4-2-5-9-18)19-10-6-3-7-11-19/h2,4-5,8,17-21H,3,6-7,9-16H2,1H3,(H,24,25). The van der Waals surface area contributed by atoms with Crippen LogP contribution in [0, 0.1) is 29.6 Å². The number of rotatable bonds is 6. The van der Waals surface area contributed by atoms with E-state index in [1.165, 1.54) is 39.2 Å². The molecule has 2 fully saturated rings. The smallest absolute Gasteiger partial charge is 0.308 e. The summed E-state index contributed by atoms with van der Waals surface area (Å²) in [5.74, 6) is 1.69. The van der Waals surface area contributed by atoms with Crippen molar-refractivity contribution in [2.75, 3.05) is 13.7 Å². The minimum atomic E-state index is -0.0769. The van der Waals surface area contributed by atoms with E-state index in [2.05, 4.69) is 29.6 Å². The van der Waals surface area contributed by atoms with Crippen LogP contribution in [0.1, 0.15) is 64.2 Å². The zero-order chi connectivity index (χ0) is 19.1. The fourth-order valence-corrected chi connectivity index (χ4v) is 5.25. The Labute approximate surface area is 163 Å². The summed E-state index contributed by atoms with van der Waals surface area (Å²) in [6.07, 6.45) is 19.6. The number of esters is 1. The Morgan fingerprint density at radius 3 is 2.41 bits per heavy atom. The lowest BCUT2D eigenvalue weighted by Crippen LogP contribution is -2.42. The molecule has 0 aliphatic heterocycles. The van der Waals surface area contributed by atoms with Crippen LogP contribution >= 0.6 is 0 Å². The van der Waals surface area contributed by atoms with E-state index in [0.29, 0.717) is 17.8 Å². The molecule has 0 aromatic rings. The van der Waals surface area contributed by atoms with E-state index in [-0.39, 0.29) is 23.7 Å². The molecule has 2 saturated carbocycles. The molecule has 150 valence electrons. The Morgan fingerprint density at radius 1 is 1.04 bits per heavy atom. The van der Waals surface area contributed by atoms with Crippen LogP contribution in [0.4, 0.5) is 0 Å². The molecule has 0 heterocycles. The van der Waals surface area contributed by atoms with Gasteiger partial charge in [0.2, 0.25) is 5.91 Å². The average Bonchev–Trinajstić information content (AvgIpc) is 2.74. The van der Waals surface area contributed by atoms with Gasteiger partial charge in [-0.3, -0.25) is 9.59 Å². The van der Waals surface area contributed by atoms with Crippen LogP contribution in [0.25, 0.3) is 0 Å². The van der Waals surface area contributed by atoms with Gasteiger partial charge in [0.25, 0.3) is 0 Å². The molecule has 0 aromatic heterocycles. The van der Waals surface area contributed by atoms with Gasteiger partial charge in [0.15, 0.2) is 0 Å². The van der Waals surface area contributed by atoms with Crippen molar-refractivity contribution in [2.45, 2.75) is 64.2 Å². The van der Waals surface area contributed by atoms with Crippen LogP contribution in [-0.2, 0) is 14.3 Å². The van der Waals surface area contributed by atoms with Crippen LogP contribution < -0.4 is 5.32 Å². The highest BCUT2D eigenvalue weighted by Gasteiger charge is 2.35. The van der Waals surface area contributed by atoms with Crippen molar-refractivity contribution in [3.63, 3.8) is 0 Å². The van der Waals surface area contributed by atoms with Crippen molar-refractivity contribution in [2.24, 2.45) is 29.6 Å². The van der Waals surface area contributed by atoms with E-state index in [0.717, 1.165) is 38.6 Å². The highest BCUT2D eigenvalue weighted by atomic mass is 16.5. The first kappa shape index (κ1) is 20.2. The highest BCUT2D eigenvalue weighted by Crippen LogP contribution is 2.37. The van der Waals surface area contributed by atoms with Gasteiger partial charge in [-0.05, 0) is 62.7 Å². The molecule has 0 saturated heterocycles. The van der Waals surface area contributed by atoms with Gasteiger partial charge in [0.1, 0.15) is 0 Å². The molecule has 3 aliphatic rings. The summed E-state index contributed by atoms with van der Waals surface area (Å²) in [4.78, 5) is 24.8. The second-order valence-electron chi connectivity index (χ2n) is 8.62. The number of carbonyl (C=O) groups excluding carboxylic acids is 2. The molecule has 2 unspecified atom stereocenters. The number of carbonyl (C=O) groups is 2. The molecule has 0 spiro atoms. The number of hydrogen-bond donors (Lipinski definition) is 1. The summed E-state index contributed by atoms with van der Waals surface area (Å²) in [6, 6.07) is 0. The molecule has 0 aromatic carbocycles. The van der Waals surface area contributed by atoms with Gasteiger partial charge in [-0.15, -0.1) is 0 Å². The Bertz CT molecular complexity index is 554. The molecule has 1 amide bonds. The van der Waals surface area contributed by atoms with Gasteiger partial charge in [0, 0.05) is 12.5 Å². The number of nitrogens with one attached hydrogen (secondary N) is 1. The Morgan fingerprint density at radius 2 is 1.78 bits per heavy atom. The zero-order valence-corrected chi connectivity index (χ0v) is 16.7. The largest absolute Gasteiger partial charge is 0.469 e. The summed E-state index contributed by atoms with van der Waals surface area (Å²) < 4.78 is 4.87. The minimum absolute atomic E-state index is 0.0519. The number of methoxy groups -OCH3 is 1. The third-order valence-electron chi connectivity index (χ3n) is 6.88. The van der Waals surface area contributed by atoms with Gasteiger partial charge in [-0.1, -0.05) is 43.6 Å². The van der Waals surface area contributed by atoms with Crippen molar-refractivity contribution in [3.05, 3.63) is 24.3 Å². The van der Waals surface area contributed by atoms with Crippen molar-refractivity contribution < 1.29 is 14.3 Å². The topological polar surface area (TPSA) is 55.4 Å². The maximum Gasteiger partial charge on any atom is 0.308 e. The van der Waals surface area contributed by atoms with Gasteiger partial charge >= 0.3 is 5.97 Å². The van der Waals surface area contributed by atoms with Crippen LogP contribution in [0.2, 0.25) is 0 Å². The maximum atomic E-state index is 13.2. The van der Waals surface area contributed by atoms with Gasteiger partial charge in [0.05, 0.1) is 13.0 Å². The van der Waals surface area contributed by atoms with E-state index in [1.807, 2.05) is 0 Å². The lowest BCUT2D eigenvalue weighted by atomic mass is 9.71. The summed E-state index contributed by atoms with van der Waals surface area (Å²) in [5, 5.41) is 3.29. The molecule has 1 N–H and O–H groups in total. The first-order valence-corrected chi connectivity index (χ1v) is 10.9. The van der Waals surface area contributed by atoms with E-state index < -0.39 is 0 Å². The molecule has 4 heteroatoms. The number of allylic oxidation sites excluding steroid dienone is 4. The second-order valence-corrected chi connectivity index (χ2v) is 8.62. The van der Waals surface area contributed by atoms with Crippen molar-refractivity contribution in [1.29, 1.82) is 0 Å². The molecule has 2 atom stereocenters. The first-order chi connectivity index (χ1) is 13.2. The van der Waals surface area contributed by atoms with E-state index in [1.54, 1.807) is 0 Å². The number of ether oxygens (including phenoxy) is 1. The monoisotopic (exact) mass is 373 g/mol. The molecule has 3 aliphatic carbocycles. The van der Waals surface area contributed by atoms with Gasteiger partial charge < -0.3 is 10.1 Å². The van der Waals surface area contributed by atoms with Crippen LogP contribution in [0.5, 0.6) is 0 Å². The average molecular weight is 374 g/mol. The molecule has 0 radical (unpaired) electrons. The Hall–Kier alpha value is -1.58. The van der Waals surface area contributed by atoms with Crippen LogP contribution in [-0.4, -0.2) is 25.5 Å². The first-order valence-electron chi connectivity index (χ1n) is 10.9. The zero-order valence-electron chi connectivity index (χ0n) is 16.7. The summed E-state index contributed by atoms with van der Waals surface area (Å²) in [5.41, 5.74) is 0. The Kier molecular flexibility index (Phi) is 7.54. The summed E-state index contributed by atoms with van der Waals surface area (Å²) >= 11 is 0. The molecular weight excluding hydrogens is 338 g/mol. The number of amides is 1. The molecule has 3 rings (SSSR count). The van der Waals surface area contributed by atoms with Crippen LogP contribution in [0.3, 0.4) is 0 Å². The summed E-state index contributed by atoms with van der Waals surface area (Å²) in [7, 11) is 1.47. The molecule has 0 bridgehead atoms. The van der Waals surface area contributed by atoms with Gasteiger partial charge in [-0.2, -0.15) is 0 Å². The van der Waals surface area contributed by atoms with Gasteiger partial charge in [-0.25, -0.2) is 0 Å². The SMILES string of the molecule is COC(=O)C1CCC(CNC(=O)C(C2C=CC=CC2)C2CCCCC2)CC1. The third kappa shape index (κ3) is 5.46.